The molecule has 1 heterocycles. The van der Waals surface area contributed by atoms with Crippen molar-refractivity contribution in [1.29, 1.82) is 0 Å². The quantitative estimate of drug-likeness (QED) is 0.690. The standard InChI is InChI=1S/C19H30N4O2.3ClH/c1-22-10-12-23(13-11-22)14-15-25-17-6-4-16(5-7-17)21-18(24)19(20)8-2-3-9-19;;;/h4-7H,2-3,8-15,20H2,1H3,(H,21,24);3*1H. The zero-order valence-corrected chi connectivity index (χ0v) is 18.8. The minimum absolute atomic E-state index is 0. The third-order valence-electron chi connectivity index (χ3n) is 5.33. The van der Waals surface area contributed by atoms with Gasteiger partial charge in [0.2, 0.25) is 5.91 Å². The van der Waals surface area contributed by atoms with E-state index in [1.807, 2.05) is 24.3 Å². The van der Waals surface area contributed by atoms with Crippen molar-refractivity contribution < 1.29 is 9.53 Å². The Morgan fingerprint density at radius 3 is 2.21 bits per heavy atom. The van der Waals surface area contributed by atoms with E-state index in [0.717, 1.165) is 69.8 Å². The van der Waals surface area contributed by atoms with Crippen LogP contribution in [0.25, 0.3) is 0 Å². The Morgan fingerprint density at radius 2 is 1.64 bits per heavy atom. The summed E-state index contributed by atoms with van der Waals surface area (Å²) in [6.45, 7) is 6.08. The van der Waals surface area contributed by atoms with Crippen LogP contribution in [0.5, 0.6) is 5.75 Å². The van der Waals surface area contributed by atoms with Crippen molar-refractivity contribution in [2.75, 3.05) is 51.7 Å². The second-order valence-electron chi connectivity index (χ2n) is 7.34. The van der Waals surface area contributed by atoms with Crippen LogP contribution in [0.3, 0.4) is 0 Å². The number of halogens is 3. The van der Waals surface area contributed by atoms with E-state index in [0.29, 0.717) is 6.61 Å². The molecule has 1 aromatic rings. The fourth-order valence-electron chi connectivity index (χ4n) is 3.49. The minimum atomic E-state index is -0.697. The average Bonchev–Trinajstić information content (AvgIpc) is 3.06. The zero-order valence-electron chi connectivity index (χ0n) is 16.4. The third kappa shape index (κ3) is 7.58. The highest BCUT2D eigenvalue weighted by Crippen LogP contribution is 2.28. The molecule has 1 aromatic carbocycles. The van der Waals surface area contributed by atoms with Gasteiger partial charge in [0, 0.05) is 38.4 Å². The summed E-state index contributed by atoms with van der Waals surface area (Å²) in [5, 5.41) is 2.93. The summed E-state index contributed by atoms with van der Waals surface area (Å²) in [5.74, 6) is 0.754. The fourth-order valence-corrected chi connectivity index (χ4v) is 3.49. The van der Waals surface area contributed by atoms with Crippen LogP contribution >= 0.6 is 37.2 Å². The van der Waals surface area contributed by atoms with Gasteiger partial charge in [0.25, 0.3) is 0 Å². The molecule has 1 aliphatic carbocycles. The normalized spacial score (nSPS) is 18.9. The number of hydrogen-bond donors (Lipinski definition) is 2. The van der Waals surface area contributed by atoms with Crippen LogP contribution in [0, 0.1) is 0 Å². The van der Waals surface area contributed by atoms with Crippen LogP contribution in [0.4, 0.5) is 5.69 Å². The number of carbonyl (C=O) groups is 1. The highest BCUT2D eigenvalue weighted by molar-refractivity contribution is 5.98. The summed E-state index contributed by atoms with van der Waals surface area (Å²) >= 11 is 0. The van der Waals surface area contributed by atoms with Gasteiger partial charge in [-0.2, -0.15) is 0 Å². The van der Waals surface area contributed by atoms with Crippen molar-refractivity contribution in [3.8, 4) is 5.75 Å². The topological polar surface area (TPSA) is 70.8 Å². The van der Waals surface area contributed by atoms with Crippen LogP contribution in [-0.4, -0.2) is 67.6 Å². The lowest BCUT2D eigenvalue weighted by Crippen LogP contribution is -2.48. The number of amides is 1. The smallest absolute Gasteiger partial charge is 0.244 e. The van der Waals surface area contributed by atoms with Crippen molar-refractivity contribution in [3.05, 3.63) is 24.3 Å². The summed E-state index contributed by atoms with van der Waals surface area (Å²) in [6.07, 6.45) is 3.60. The zero-order chi connectivity index (χ0) is 17.7. The molecular formula is C19H33Cl3N4O2. The molecule has 0 aromatic heterocycles. The van der Waals surface area contributed by atoms with Crippen LogP contribution in [0.15, 0.2) is 24.3 Å². The lowest BCUT2D eigenvalue weighted by atomic mass is 9.98. The molecule has 3 rings (SSSR count). The molecule has 6 nitrogen and oxygen atoms in total. The third-order valence-corrected chi connectivity index (χ3v) is 5.33. The van der Waals surface area contributed by atoms with E-state index in [9.17, 15) is 4.79 Å². The van der Waals surface area contributed by atoms with Gasteiger partial charge in [-0.3, -0.25) is 9.69 Å². The summed E-state index contributed by atoms with van der Waals surface area (Å²) in [4.78, 5) is 17.1. The number of hydrogen-bond acceptors (Lipinski definition) is 5. The summed E-state index contributed by atoms with van der Waals surface area (Å²) < 4.78 is 5.82. The maximum absolute atomic E-state index is 12.3. The van der Waals surface area contributed by atoms with E-state index in [1.165, 1.54) is 0 Å². The highest BCUT2D eigenvalue weighted by atomic mass is 35.5. The van der Waals surface area contributed by atoms with Crippen LogP contribution in [0.2, 0.25) is 0 Å². The molecule has 0 atom stereocenters. The molecule has 1 saturated carbocycles. The van der Waals surface area contributed by atoms with Gasteiger partial charge < -0.3 is 20.7 Å². The number of nitrogens with zero attached hydrogens (tertiary/aromatic N) is 2. The molecule has 1 saturated heterocycles. The molecule has 0 spiro atoms. The molecule has 1 aliphatic heterocycles. The lowest BCUT2D eigenvalue weighted by molar-refractivity contribution is -0.121. The number of nitrogens with two attached hydrogens (primary N) is 1. The number of carbonyl (C=O) groups excluding carboxylic acids is 1. The molecule has 2 fully saturated rings. The first-order valence-corrected chi connectivity index (χ1v) is 9.29. The lowest BCUT2D eigenvalue weighted by Gasteiger charge is -2.32. The van der Waals surface area contributed by atoms with Crippen molar-refractivity contribution in [2.24, 2.45) is 5.73 Å². The van der Waals surface area contributed by atoms with Crippen LogP contribution < -0.4 is 15.8 Å². The molecule has 0 unspecified atom stereocenters. The van der Waals surface area contributed by atoms with E-state index in [-0.39, 0.29) is 43.1 Å². The Hall–Kier alpha value is -0.760. The summed E-state index contributed by atoms with van der Waals surface area (Å²) in [7, 11) is 2.16. The minimum Gasteiger partial charge on any atom is -0.492 e. The van der Waals surface area contributed by atoms with Crippen molar-refractivity contribution in [3.63, 3.8) is 0 Å². The Bertz CT molecular complexity index is 575. The summed E-state index contributed by atoms with van der Waals surface area (Å²) in [5.41, 5.74) is 6.26. The average molecular weight is 456 g/mol. The van der Waals surface area contributed by atoms with Gasteiger partial charge in [0.15, 0.2) is 0 Å². The molecule has 2 aliphatic rings. The Labute approximate surface area is 186 Å². The van der Waals surface area contributed by atoms with E-state index in [4.69, 9.17) is 10.5 Å². The predicted octanol–water partition coefficient (Wildman–Crippen LogP) is 2.79. The monoisotopic (exact) mass is 454 g/mol. The number of piperazine rings is 1. The number of likely N-dealkylation sites (N-methyl/N-ethyl adjacent to an activating group) is 1. The summed E-state index contributed by atoms with van der Waals surface area (Å²) in [6, 6.07) is 7.55. The molecule has 0 radical (unpaired) electrons. The van der Waals surface area contributed by atoms with E-state index < -0.39 is 5.54 Å². The van der Waals surface area contributed by atoms with Gasteiger partial charge in [-0.1, -0.05) is 12.8 Å². The predicted molar refractivity (Wildman–Crippen MR) is 122 cm³/mol. The molecule has 3 N–H and O–H groups in total. The largest absolute Gasteiger partial charge is 0.492 e. The Balaban J connectivity index is 0.00000243. The first-order chi connectivity index (χ1) is 12.0. The second kappa shape index (κ2) is 12.7. The second-order valence-corrected chi connectivity index (χ2v) is 7.34. The molecular weight excluding hydrogens is 423 g/mol. The maximum Gasteiger partial charge on any atom is 0.244 e. The van der Waals surface area contributed by atoms with Crippen LogP contribution in [-0.2, 0) is 4.79 Å². The van der Waals surface area contributed by atoms with Crippen LogP contribution in [0.1, 0.15) is 25.7 Å². The molecule has 9 heteroatoms. The molecule has 162 valence electrons. The molecule has 0 bridgehead atoms. The van der Waals surface area contributed by atoms with Gasteiger partial charge in [0.05, 0.1) is 5.54 Å². The van der Waals surface area contributed by atoms with Gasteiger partial charge in [-0.15, -0.1) is 37.2 Å². The van der Waals surface area contributed by atoms with Crippen molar-refractivity contribution >= 4 is 48.8 Å². The van der Waals surface area contributed by atoms with Gasteiger partial charge in [-0.05, 0) is 44.2 Å². The maximum atomic E-state index is 12.3. The number of rotatable bonds is 6. The Morgan fingerprint density at radius 1 is 1.07 bits per heavy atom. The van der Waals surface area contributed by atoms with E-state index in [2.05, 4.69) is 22.2 Å². The van der Waals surface area contributed by atoms with Gasteiger partial charge in [0.1, 0.15) is 12.4 Å². The SMILES string of the molecule is CN1CCN(CCOc2ccc(NC(=O)C3(N)CCCC3)cc2)CC1.Cl.Cl.Cl. The number of nitrogens with one attached hydrogen (secondary N) is 1. The first kappa shape index (κ1) is 27.2. The van der Waals surface area contributed by atoms with E-state index in [1.54, 1.807) is 0 Å². The Kier molecular flexibility index (Phi) is 12.4. The van der Waals surface area contributed by atoms with Crippen molar-refractivity contribution in [1.82, 2.24) is 9.80 Å². The first-order valence-electron chi connectivity index (χ1n) is 9.29. The molecule has 1 amide bonds. The van der Waals surface area contributed by atoms with Gasteiger partial charge in [-0.25, -0.2) is 0 Å². The molecule has 28 heavy (non-hydrogen) atoms. The van der Waals surface area contributed by atoms with E-state index >= 15 is 0 Å². The number of anilines is 1. The number of ether oxygens (including phenoxy) is 1. The highest BCUT2D eigenvalue weighted by Gasteiger charge is 2.36. The van der Waals surface area contributed by atoms with Gasteiger partial charge >= 0.3 is 0 Å². The number of benzene rings is 1. The fraction of sp³-hybridized carbons (Fsp3) is 0.632. The van der Waals surface area contributed by atoms with Crippen molar-refractivity contribution in [2.45, 2.75) is 31.2 Å².